The van der Waals surface area contributed by atoms with Crippen LogP contribution in [0.25, 0.3) is 0 Å². The van der Waals surface area contributed by atoms with Crippen LogP contribution in [0.1, 0.15) is 20.8 Å². The maximum absolute atomic E-state index is 10.7. The minimum absolute atomic E-state index is 0.0235. The van der Waals surface area contributed by atoms with E-state index in [0.29, 0.717) is 6.29 Å². The first-order valence-electron chi connectivity index (χ1n) is 3.06. The molecule has 0 saturated carbocycles. The van der Waals surface area contributed by atoms with Gasteiger partial charge < -0.3 is 10.1 Å². The van der Waals surface area contributed by atoms with E-state index < -0.39 is 11.8 Å². The monoisotopic (exact) mass is 167 g/mol. The van der Waals surface area contributed by atoms with Crippen LogP contribution in [0.3, 0.4) is 0 Å². The van der Waals surface area contributed by atoms with Crippen LogP contribution < -0.4 is 0 Å². The van der Waals surface area contributed by atoms with Gasteiger partial charge in [0.15, 0.2) is 6.29 Å². The van der Waals surface area contributed by atoms with Gasteiger partial charge in [0.25, 0.3) is 5.78 Å². The van der Waals surface area contributed by atoms with Gasteiger partial charge in [0.1, 0.15) is 0 Å². The summed E-state index contributed by atoms with van der Waals surface area (Å²) in [5.74, 6) is -2.56. The summed E-state index contributed by atoms with van der Waals surface area (Å²) < 4.78 is 0. The van der Waals surface area contributed by atoms with Crippen molar-refractivity contribution in [3.63, 3.8) is 0 Å². The Kier molecular flexibility index (Phi) is 2.05. The van der Waals surface area contributed by atoms with E-state index in [2.05, 4.69) is 4.98 Å². The molecule has 0 saturated heterocycles. The molecule has 1 rings (SSSR count). The lowest BCUT2D eigenvalue weighted by Crippen LogP contribution is -2.11. The van der Waals surface area contributed by atoms with Crippen molar-refractivity contribution in [1.29, 1.82) is 0 Å². The Morgan fingerprint density at radius 2 is 2.17 bits per heavy atom. The molecule has 0 bridgehead atoms. The normalized spacial score (nSPS) is 9.33. The van der Waals surface area contributed by atoms with Crippen LogP contribution in [-0.2, 0) is 4.79 Å². The quantitative estimate of drug-likeness (QED) is 0.379. The molecule has 5 nitrogen and oxygen atoms in total. The van der Waals surface area contributed by atoms with Gasteiger partial charge in [-0.05, 0) is 6.07 Å². The summed E-state index contributed by atoms with van der Waals surface area (Å²) in [6, 6.07) is 1.18. The van der Waals surface area contributed by atoms with Gasteiger partial charge in [-0.3, -0.25) is 9.59 Å². The van der Waals surface area contributed by atoms with E-state index in [1.54, 1.807) is 0 Å². The van der Waals surface area contributed by atoms with E-state index in [-0.39, 0.29) is 11.3 Å². The summed E-state index contributed by atoms with van der Waals surface area (Å²) in [5.41, 5.74) is 0.157. The fraction of sp³-hybridized carbons (Fsp3) is 0. The molecular formula is C7H5NO4. The van der Waals surface area contributed by atoms with Crippen LogP contribution in [0.2, 0.25) is 0 Å². The van der Waals surface area contributed by atoms with Crippen LogP contribution in [-0.4, -0.2) is 28.1 Å². The number of rotatable bonds is 3. The summed E-state index contributed by atoms with van der Waals surface area (Å²) in [4.78, 5) is 33.4. The highest BCUT2D eigenvalue weighted by Gasteiger charge is 2.15. The SMILES string of the molecule is O=Cc1cc(C(=O)C(=O)O)c[nH]1. The van der Waals surface area contributed by atoms with Crippen molar-refractivity contribution in [2.24, 2.45) is 0 Å². The molecule has 0 spiro atoms. The number of nitrogens with one attached hydrogen (secondary N) is 1. The number of carboxylic acid groups (broad SMARTS) is 1. The minimum atomic E-state index is -1.54. The molecule has 1 aromatic rings. The van der Waals surface area contributed by atoms with Crippen molar-refractivity contribution in [1.82, 2.24) is 4.98 Å². The molecule has 0 amide bonds. The average Bonchev–Trinajstić information content (AvgIpc) is 2.50. The number of aromatic amines is 1. The minimum Gasteiger partial charge on any atom is -0.475 e. The van der Waals surface area contributed by atoms with Gasteiger partial charge in [-0.25, -0.2) is 4.79 Å². The number of carbonyl (C=O) groups excluding carboxylic acids is 2. The average molecular weight is 167 g/mol. The van der Waals surface area contributed by atoms with E-state index in [1.165, 1.54) is 12.3 Å². The lowest BCUT2D eigenvalue weighted by Gasteiger charge is -1.85. The Bertz CT molecular complexity index is 339. The van der Waals surface area contributed by atoms with E-state index in [0.717, 1.165) is 0 Å². The van der Waals surface area contributed by atoms with Crippen molar-refractivity contribution in [3.05, 3.63) is 23.5 Å². The number of aliphatic carboxylic acids is 1. The molecule has 0 aromatic carbocycles. The lowest BCUT2D eigenvalue weighted by atomic mass is 10.2. The number of carbonyl (C=O) groups is 3. The van der Waals surface area contributed by atoms with Gasteiger partial charge in [-0.1, -0.05) is 0 Å². The molecule has 5 heteroatoms. The summed E-state index contributed by atoms with van der Waals surface area (Å²) >= 11 is 0. The molecular weight excluding hydrogens is 162 g/mol. The number of ketones is 1. The van der Waals surface area contributed by atoms with Crippen LogP contribution in [0.15, 0.2) is 12.3 Å². The number of carboxylic acids is 1. The fourth-order valence-corrected chi connectivity index (χ4v) is 0.735. The fourth-order valence-electron chi connectivity index (χ4n) is 0.735. The first kappa shape index (κ1) is 8.19. The third-order valence-corrected chi connectivity index (χ3v) is 1.29. The van der Waals surface area contributed by atoms with Crippen LogP contribution >= 0.6 is 0 Å². The van der Waals surface area contributed by atoms with Gasteiger partial charge in [0.2, 0.25) is 0 Å². The zero-order valence-corrected chi connectivity index (χ0v) is 5.90. The Morgan fingerprint density at radius 3 is 2.58 bits per heavy atom. The Balaban J connectivity index is 2.96. The summed E-state index contributed by atoms with van der Waals surface area (Å²) in [5, 5.41) is 8.27. The van der Waals surface area contributed by atoms with Gasteiger partial charge in [0, 0.05) is 11.8 Å². The first-order valence-corrected chi connectivity index (χ1v) is 3.06. The van der Waals surface area contributed by atoms with Crippen LogP contribution in [0.5, 0.6) is 0 Å². The summed E-state index contributed by atoms with van der Waals surface area (Å²) in [6.07, 6.45) is 1.68. The second-order valence-electron chi connectivity index (χ2n) is 2.10. The number of aldehydes is 1. The number of hydrogen-bond acceptors (Lipinski definition) is 3. The maximum atomic E-state index is 10.7. The lowest BCUT2D eigenvalue weighted by molar-refractivity contribution is -0.131. The smallest absolute Gasteiger partial charge is 0.377 e. The molecule has 0 atom stereocenters. The molecule has 0 radical (unpaired) electrons. The van der Waals surface area contributed by atoms with Crippen molar-refractivity contribution in [2.75, 3.05) is 0 Å². The Hall–Kier alpha value is -1.91. The molecule has 0 aliphatic heterocycles. The number of aromatic nitrogens is 1. The van der Waals surface area contributed by atoms with E-state index in [4.69, 9.17) is 5.11 Å². The summed E-state index contributed by atoms with van der Waals surface area (Å²) in [6.45, 7) is 0. The molecule has 62 valence electrons. The van der Waals surface area contributed by atoms with Crippen LogP contribution in [0, 0.1) is 0 Å². The van der Waals surface area contributed by atoms with Crippen molar-refractivity contribution < 1.29 is 19.5 Å². The highest BCUT2D eigenvalue weighted by atomic mass is 16.4. The van der Waals surface area contributed by atoms with Crippen molar-refractivity contribution >= 4 is 18.0 Å². The van der Waals surface area contributed by atoms with Gasteiger partial charge >= 0.3 is 5.97 Å². The molecule has 12 heavy (non-hydrogen) atoms. The van der Waals surface area contributed by atoms with Gasteiger partial charge in [0.05, 0.1) is 5.69 Å². The molecule has 1 heterocycles. The predicted molar refractivity (Wildman–Crippen MR) is 38.1 cm³/mol. The largest absolute Gasteiger partial charge is 0.475 e. The molecule has 1 aromatic heterocycles. The van der Waals surface area contributed by atoms with E-state index in [1.807, 2.05) is 0 Å². The molecule has 2 N–H and O–H groups in total. The summed E-state index contributed by atoms with van der Waals surface area (Å²) in [7, 11) is 0. The highest BCUT2D eigenvalue weighted by Crippen LogP contribution is 2.02. The number of hydrogen-bond donors (Lipinski definition) is 2. The van der Waals surface area contributed by atoms with E-state index >= 15 is 0 Å². The second-order valence-corrected chi connectivity index (χ2v) is 2.10. The highest BCUT2D eigenvalue weighted by molar-refractivity contribution is 6.39. The molecule has 0 aliphatic rings. The third-order valence-electron chi connectivity index (χ3n) is 1.29. The second kappa shape index (κ2) is 3.00. The first-order chi connectivity index (χ1) is 5.65. The molecule has 0 aliphatic carbocycles. The zero-order valence-electron chi connectivity index (χ0n) is 5.90. The Morgan fingerprint density at radius 1 is 1.50 bits per heavy atom. The zero-order chi connectivity index (χ0) is 9.14. The van der Waals surface area contributed by atoms with Gasteiger partial charge in [-0.2, -0.15) is 0 Å². The number of H-pyrrole nitrogens is 1. The topological polar surface area (TPSA) is 87.2 Å². The number of Topliss-reactive ketones (excluding diaryl/α,β-unsaturated/α-hetero) is 1. The Labute approximate surface area is 67.0 Å². The van der Waals surface area contributed by atoms with Crippen molar-refractivity contribution in [2.45, 2.75) is 0 Å². The third kappa shape index (κ3) is 1.39. The van der Waals surface area contributed by atoms with Crippen LogP contribution in [0.4, 0.5) is 0 Å². The predicted octanol–water partition coefficient (Wildman–Crippen LogP) is 0.0945. The molecule has 0 fully saturated rings. The maximum Gasteiger partial charge on any atom is 0.377 e. The molecule has 0 unspecified atom stereocenters. The van der Waals surface area contributed by atoms with Gasteiger partial charge in [-0.15, -0.1) is 0 Å². The standard InChI is InChI=1S/C7H5NO4/c9-3-5-1-4(2-8-5)6(10)7(11)12/h1-3,8H,(H,11,12). The van der Waals surface area contributed by atoms with Crippen molar-refractivity contribution in [3.8, 4) is 0 Å². The van der Waals surface area contributed by atoms with E-state index in [9.17, 15) is 14.4 Å².